The summed E-state index contributed by atoms with van der Waals surface area (Å²) in [5.41, 5.74) is 4.20. The Morgan fingerprint density at radius 2 is 1.79 bits per heavy atom. The standard InChI is InChI=1S/C23H27NO4S/c1-28-22-10-6-17(7-11-22)15-24(21-12-13-29(26,27)16-21)23(25)20-9-8-18-4-2-3-5-19(18)14-20/h6-11,14,21H,2-5,12-13,15-16H2,1H3. The van der Waals surface area contributed by atoms with Crippen molar-refractivity contribution in [2.75, 3.05) is 18.6 Å². The summed E-state index contributed by atoms with van der Waals surface area (Å²) in [6.45, 7) is 0.389. The molecule has 29 heavy (non-hydrogen) atoms. The van der Waals surface area contributed by atoms with Crippen molar-refractivity contribution in [3.8, 4) is 5.75 Å². The molecule has 0 N–H and O–H groups in total. The average Bonchev–Trinajstić information content (AvgIpc) is 3.11. The Kier molecular flexibility index (Phi) is 5.63. The third-order valence-electron chi connectivity index (χ3n) is 6.02. The molecule has 154 valence electrons. The minimum absolute atomic E-state index is 0.0415. The van der Waals surface area contributed by atoms with Crippen LogP contribution in [0.25, 0.3) is 0 Å². The molecule has 1 unspecified atom stereocenters. The van der Waals surface area contributed by atoms with Crippen LogP contribution in [0.3, 0.4) is 0 Å². The molecule has 0 aromatic heterocycles. The highest BCUT2D eigenvalue weighted by Crippen LogP contribution is 2.26. The fraction of sp³-hybridized carbons (Fsp3) is 0.435. The van der Waals surface area contributed by atoms with Gasteiger partial charge in [0, 0.05) is 18.2 Å². The van der Waals surface area contributed by atoms with E-state index in [1.807, 2.05) is 36.4 Å². The van der Waals surface area contributed by atoms with Crippen LogP contribution in [0.5, 0.6) is 5.75 Å². The van der Waals surface area contributed by atoms with Crippen LogP contribution in [-0.2, 0) is 29.2 Å². The monoisotopic (exact) mass is 413 g/mol. The summed E-state index contributed by atoms with van der Waals surface area (Å²) in [6.07, 6.45) is 4.92. The van der Waals surface area contributed by atoms with Gasteiger partial charge in [0.2, 0.25) is 0 Å². The molecule has 1 aliphatic heterocycles. The number of sulfone groups is 1. The predicted octanol–water partition coefficient (Wildman–Crippen LogP) is 3.40. The van der Waals surface area contributed by atoms with E-state index in [4.69, 9.17) is 4.74 Å². The van der Waals surface area contributed by atoms with Crippen molar-refractivity contribution in [3.05, 3.63) is 64.7 Å². The Bertz CT molecular complexity index is 998. The zero-order valence-corrected chi connectivity index (χ0v) is 17.6. The maximum Gasteiger partial charge on any atom is 0.254 e. The molecule has 5 nitrogen and oxygen atoms in total. The Morgan fingerprint density at radius 3 is 2.45 bits per heavy atom. The van der Waals surface area contributed by atoms with Crippen LogP contribution in [0.15, 0.2) is 42.5 Å². The lowest BCUT2D eigenvalue weighted by Gasteiger charge is -2.29. The molecule has 1 fully saturated rings. The van der Waals surface area contributed by atoms with E-state index < -0.39 is 9.84 Å². The molecule has 1 atom stereocenters. The second kappa shape index (κ2) is 8.19. The average molecular weight is 414 g/mol. The Hall–Kier alpha value is -2.34. The van der Waals surface area contributed by atoms with Crippen LogP contribution in [-0.4, -0.2) is 43.9 Å². The van der Waals surface area contributed by atoms with Crippen LogP contribution in [0.2, 0.25) is 0 Å². The minimum Gasteiger partial charge on any atom is -0.497 e. The fourth-order valence-corrected chi connectivity index (χ4v) is 6.08. The zero-order valence-electron chi connectivity index (χ0n) is 16.8. The Balaban J connectivity index is 1.62. The van der Waals surface area contributed by atoms with Gasteiger partial charge >= 0.3 is 0 Å². The van der Waals surface area contributed by atoms with Crippen LogP contribution in [0, 0.1) is 0 Å². The first-order valence-electron chi connectivity index (χ1n) is 10.2. The van der Waals surface area contributed by atoms with Gasteiger partial charge in [-0.1, -0.05) is 18.2 Å². The van der Waals surface area contributed by atoms with Crippen molar-refractivity contribution >= 4 is 15.7 Å². The summed E-state index contributed by atoms with van der Waals surface area (Å²) in [7, 11) is -1.47. The second-order valence-corrected chi connectivity index (χ2v) is 10.3. The van der Waals surface area contributed by atoms with Crippen LogP contribution in [0.4, 0.5) is 0 Å². The van der Waals surface area contributed by atoms with Crippen molar-refractivity contribution < 1.29 is 17.9 Å². The van der Waals surface area contributed by atoms with E-state index >= 15 is 0 Å². The van der Waals surface area contributed by atoms with Crippen molar-refractivity contribution in [3.63, 3.8) is 0 Å². The topological polar surface area (TPSA) is 63.7 Å². The molecule has 0 saturated carbocycles. The Morgan fingerprint density at radius 1 is 1.07 bits per heavy atom. The van der Waals surface area contributed by atoms with Crippen LogP contribution < -0.4 is 4.74 Å². The normalized spacial score (nSPS) is 20.1. The first-order chi connectivity index (χ1) is 13.9. The highest BCUT2D eigenvalue weighted by Gasteiger charge is 2.35. The molecule has 2 aliphatic rings. The Labute approximate surface area is 172 Å². The number of fused-ring (bicyclic) bond motifs is 1. The van der Waals surface area contributed by atoms with Gasteiger partial charge in [-0.05, 0) is 73.1 Å². The SMILES string of the molecule is COc1ccc(CN(C(=O)c2ccc3c(c2)CCCC3)C2CCS(=O)(=O)C2)cc1. The maximum atomic E-state index is 13.5. The summed E-state index contributed by atoms with van der Waals surface area (Å²) in [5, 5.41) is 0. The molecule has 0 bridgehead atoms. The van der Waals surface area contributed by atoms with Crippen molar-refractivity contribution in [2.45, 2.75) is 44.7 Å². The molecule has 1 amide bonds. The molecule has 4 rings (SSSR count). The lowest BCUT2D eigenvalue weighted by Crippen LogP contribution is -2.40. The van der Waals surface area contributed by atoms with Crippen LogP contribution in [0.1, 0.15) is 46.3 Å². The van der Waals surface area contributed by atoms with Crippen LogP contribution >= 0.6 is 0 Å². The number of carbonyl (C=O) groups is 1. The van der Waals surface area contributed by atoms with Gasteiger partial charge in [0.15, 0.2) is 9.84 Å². The van der Waals surface area contributed by atoms with Crippen molar-refractivity contribution in [1.82, 2.24) is 4.90 Å². The first kappa shape index (κ1) is 20.0. The van der Waals surface area contributed by atoms with E-state index in [-0.39, 0.29) is 23.5 Å². The lowest BCUT2D eigenvalue weighted by atomic mass is 9.90. The van der Waals surface area contributed by atoms with E-state index in [1.165, 1.54) is 17.5 Å². The number of ether oxygens (including phenoxy) is 1. The quantitative estimate of drug-likeness (QED) is 0.754. The van der Waals surface area contributed by atoms with Gasteiger partial charge in [0.1, 0.15) is 5.75 Å². The summed E-state index contributed by atoms with van der Waals surface area (Å²) in [5.74, 6) is 0.856. The van der Waals surface area contributed by atoms with Gasteiger partial charge in [0.05, 0.1) is 18.6 Å². The number of nitrogens with zero attached hydrogens (tertiary/aromatic N) is 1. The number of aryl methyl sites for hydroxylation is 2. The van der Waals surface area contributed by atoms with E-state index in [0.29, 0.717) is 18.5 Å². The molecule has 6 heteroatoms. The summed E-state index contributed by atoms with van der Waals surface area (Å²) < 4.78 is 29.4. The van der Waals surface area contributed by atoms with E-state index in [2.05, 4.69) is 6.07 Å². The van der Waals surface area contributed by atoms with Gasteiger partial charge in [-0.15, -0.1) is 0 Å². The first-order valence-corrected chi connectivity index (χ1v) is 12.0. The highest BCUT2D eigenvalue weighted by atomic mass is 32.2. The molecule has 0 spiro atoms. The maximum absolute atomic E-state index is 13.5. The number of hydrogen-bond donors (Lipinski definition) is 0. The predicted molar refractivity (Wildman–Crippen MR) is 113 cm³/mol. The van der Waals surface area contributed by atoms with Gasteiger partial charge in [-0.25, -0.2) is 8.42 Å². The molecular weight excluding hydrogens is 386 g/mol. The molecule has 1 saturated heterocycles. The van der Waals surface area contributed by atoms with E-state index in [9.17, 15) is 13.2 Å². The van der Waals surface area contributed by atoms with Gasteiger partial charge in [-0.3, -0.25) is 4.79 Å². The van der Waals surface area contributed by atoms with Gasteiger partial charge < -0.3 is 9.64 Å². The highest BCUT2D eigenvalue weighted by molar-refractivity contribution is 7.91. The fourth-order valence-electron chi connectivity index (χ4n) is 4.35. The zero-order chi connectivity index (χ0) is 20.4. The number of rotatable bonds is 5. The minimum atomic E-state index is -3.09. The van der Waals surface area contributed by atoms with Gasteiger partial charge in [0.25, 0.3) is 5.91 Å². The summed E-state index contributed by atoms with van der Waals surface area (Å²) >= 11 is 0. The van der Waals surface area contributed by atoms with Gasteiger partial charge in [-0.2, -0.15) is 0 Å². The molecule has 2 aromatic rings. The van der Waals surface area contributed by atoms with Crippen molar-refractivity contribution in [2.24, 2.45) is 0 Å². The largest absolute Gasteiger partial charge is 0.497 e. The smallest absolute Gasteiger partial charge is 0.254 e. The third-order valence-corrected chi connectivity index (χ3v) is 7.77. The summed E-state index contributed by atoms with van der Waals surface area (Å²) in [4.78, 5) is 15.2. The number of carbonyl (C=O) groups excluding carboxylic acids is 1. The number of methoxy groups -OCH3 is 1. The second-order valence-electron chi connectivity index (χ2n) is 8.03. The molecule has 1 aliphatic carbocycles. The number of benzene rings is 2. The van der Waals surface area contributed by atoms with Crippen molar-refractivity contribution in [1.29, 1.82) is 0 Å². The number of hydrogen-bond acceptors (Lipinski definition) is 4. The molecule has 1 heterocycles. The number of amides is 1. The molecule has 2 aromatic carbocycles. The summed E-state index contributed by atoms with van der Waals surface area (Å²) in [6, 6.07) is 13.3. The van der Waals surface area contributed by atoms with E-state index in [0.717, 1.165) is 30.6 Å². The third kappa shape index (κ3) is 4.47. The molecular formula is C23H27NO4S. The molecule has 0 radical (unpaired) electrons. The van der Waals surface area contributed by atoms with E-state index in [1.54, 1.807) is 12.0 Å². The lowest BCUT2D eigenvalue weighted by molar-refractivity contribution is 0.0681.